The van der Waals surface area contributed by atoms with Gasteiger partial charge in [0.15, 0.2) is 22.1 Å². The summed E-state index contributed by atoms with van der Waals surface area (Å²) >= 11 is 1.30. The van der Waals surface area contributed by atoms with Crippen molar-refractivity contribution >= 4 is 33.3 Å². The van der Waals surface area contributed by atoms with Gasteiger partial charge >= 0.3 is 0 Å². The van der Waals surface area contributed by atoms with E-state index in [0.717, 1.165) is 0 Å². The number of hydrogen-bond donors (Lipinski definition) is 0. The van der Waals surface area contributed by atoms with E-state index in [0.29, 0.717) is 39.9 Å². The fourth-order valence-corrected chi connectivity index (χ4v) is 4.72. The van der Waals surface area contributed by atoms with Crippen LogP contribution in [-0.4, -0.2) is 31.7 Å². The van der Waals surface area contributed by atoms with Crippen molar-refractivity contribution in [2.45, 2.75) is 13.0 Å². The lowest BCUT2D eigenvalue weighted by atomic mass is 9.98. The molecule has 4 aromatic rings. The molecule has 0 radical (unpaired) electrons. The van der Waals surface area contributed by atoms with Crippen LogP contribution in [0.5, 0.6) is 17.2 Å². The molecule has 1 aliphatic heterocycles. The highest BCUT2D eigenvalue weighted by Crippen LogP contribution is 2.43. The Balaban J connectivity index is 1.77. The van der Waals surface area contributed by atoms with E-state index in [1.807, 2.05) is 13.0 Å². The highest BCUT2D eigenvalue weighted by molar-refractivity contribution is 7.13. The number of rotatable bonds is 6. The molecule has 0 bridgehead atoms. The van der Waals surface area contributed by atoms with Crippen molar-refractivity contribution in [1.29, 1.82) is 0 Å². The minimum atomic E-state index is -0.731. The van der Waals surface area contributed by atoms with Crippen LogP contribution in [-0.2, 0) is 0 Å². The second kappa shape index (κ2) is 8.25. The normalized spacial score (nSPS) is 15.1. The molecule has 0 saturated carbocycles. The zero-order valence-corrected chi connectivity index (χ0v) is 19.0. The average Bonchev–Trinajstić information content (AvgIpc) is 3.46. The molecule has 0 fully saturated rings. The fourth-order valence-electron chi connectivity index (χ4n) is 4.05. The molecule has 0 spiro atoms. The third-order valence-corrected chi connectivity index (χ3v) is 6.28. The molecule has 0 aliphatic carbocycles. The number of nitrogens with zero attached hydrogens (tertiary/aromatic N) is 2. The van der Waals surface area contributed by atoms with Gasteiger partial charge in [0.25, 0.3) is 5.91 Å². The summed E-state index contributed by atoms with van der Waals surface area (Å²) in [5.41, 5.74) is 0.950. The van der Waals surface area contributed by atoms with Crippen LogP contribution in [0.1, 0.15) is 34.6 Å². The van der Waals surface area contributed by atoms with Crippen molar-refractivity contribution in [2.24, 2.45) is 0 Å². The topological polar surface area (TPSA) is 91.1 Å². The summed E-state index contributed by atoms with van der Waals surface area (Å²) in [6.07, 6.45) is 1.61. The predicted molar refractivity (Wildman–Crippen MR) is 124 cm³/mol. The summed E-state index contributed by atoms with van der Waals surface area (Å²) in [5, 5.41) is 2.61. The van der Waals surface area contributed by atoms with Crippen LogP contribution in [0.15, 0.2) is 57.2 Å². The minimum absolute atomic E-state index is 0.00574. The van der Waals surface area contributed by atoms with E-state index < -0.39 is 11.9 Å². The van der Waals surface area contributed by atoms with Crippen LogP contribution >= 0.6 is 11.3 Å². The molecule has 3 heterocycles. The molecule has 1 unspecified atom stereocenters. The predicted octanol–water partition coefficient (Wildman–Crippen LogP) is 4.42. The van der Waals surface area contributed by atoms with Crippen molar-refractivity contribution < 1.29 is 23.4 Å². The Morgan fingerprint density at radius 2 is 1.94 bits per heavy atom. The number of methoxy groups -OCH3 is 2. The molecule has 0 saturated heterocycles. The van der Waals surface area contributed by atoms with Gasteiger partial charge in [0.2, 0.25) is 5.76 Å². The maximum Gasteiger partial charge on any atom is 0.297 e. The van der Waals surface area contributed by atoms with Gasteiger partial charge in [0.05, 0.1) is 37.8 Å². The third-order valence-electron chi connectivity index (χ3n) is 5.51. The number of benzene rings is 2. The van der Waals surface area contributed by atoms with Gasteiger partial charge in [0, 0.05) is 17.6 Å². The molecule has 2 aromatic heterocycles. The number of anilines is 1. The first-order valence-corrected chi connectivity index (χ1v) is 11.1. The van der Waals surface area contributed by atoms with Gasteiger partial charge in [-0.2, -0.15) is 0 Å². The number of amides is 1. The molecule has 33 heavy (non-hydrogen) atoms. The number of hydrogen-bond acceptors (Lipinski definition) is 8. The van der Waals surface area contributed by atoms with Crippen LogP contribution in [0.4, 0.5) is 5.13 Å². The van der Waals surface area contributed by atoms with E-state index in [1.165, 1.54) is 23.3 Å². The number of fused-ring (bicyclic) bond motifs is 2. The molecule has 5 rings (SSSR count). The van der Waals surface area contributed by atoms with E-state index in [2.05, 4.69) is 4.98 Å². The second-order valence-electron chi connectivity index (χ2n) is 7.27. The van der Waals surface area contributed by atoms with Gasteiger partial charge in [-0.1, -0.05) is 6.07 Å². The van der Waals surface area contributed by atoms with E-state index in [9.17, 15) is 9.59 Å². The number of carbonyl (C=O) groups is 1. The van der Waals surface area contributed by atoms with Crippen molar-refractivity contribution in [3.8, 4) is 17.2 Å². The zero-order valence-electron chi connectivity index (χ0n) is 18.2. The lowest BCUT2D eigenvalue weighted by Crippen LogP contribution is -2.29. The molecule has 2 aromatic carbocycles. The maximum atomic E-state index is 13.6. The summed E-state index contributed by atoms with van der Waals surface area (Å²) < 4.78 is 22.4. The van der Waals surface area contributed by atoms with E-state index in [1.54, 1.807) is 49.0 Å². The lowest BCUT2D eigenvalue weighted by Gasteiger charge is -2.23. The van der Waals surface area contributed by atoms with Gasteiger partial charge in [0.1, 0.15) is 11.3 Å². The van der Waals surface area contributed by atoms with Crippen LogP contribution in [0.25, 0.3) is 11.0 Å². The Morgan fingerprint density at radius 1 is 1.09 bits per heavy atom. The molecular weight excluding hydrogens is 444 g/mol. The van der Waals surface area contributed by atoms with E-state index in [-0.39, 0.29) is 22.3 Å². The smallest absolute Gasteiger partial charge is 0.297 e. The van der Waals surface area contributed by atoms with E-state index >= 15 is 0 Å². The van der Waals surface area contributed by atoms with Gasteiger partial charge < -0.3 is 18.6 Å². The van der Waals surface area contributed by atoms with E-state index in [4.69, 9.17) is 18.6 Å². The first-order valence-electron chi connectivity index (χ1n) is 10.3. The number of carbonyl (C=O) groups excluding carboxylic acids is 1. The SMILES string of the molecule is CCOc1ccc(C2c3c(oc4cc(OC)ccc4c3=O)C(=O)N2c2nccs2)cc1OC. The van der Waals surface area contributed by atoms with Crippen LogP contribution in [0, 0.1) is 0 Å². The van der Waals surface area contributed by atoms with Crippen LogP contribution in [0.3, 0.4) is 0 Å². The van der Waals surface area contributed by atoms with Crippen LogP contribution in [0.2, 0.25) is 0 Å². The van der Waals surface area contributed by atoms with Crippen molar-refractivity contribution in [2.75, 3.05) is 25.7 Å². The molecular formula is C24H20N2O6S. The average molecular weight is 464 g/mol. The Morgan fingerprint density at radius 3 is 2.64 bits per heavy atom. The highest BCUT2D eigenvalue weighted by atomic mass is 32.1. The lowest BCUT2D eigenvalue weighted by molar-refractivity contribution is 0.0971. The largest absolute Gasteiger partial charge is 0.497 e. The summed E-state index contributed by atoms with van der Waals surface area (Å²) in [4.78, 5) is 33.0. The number of ether oxygens (including phenoxy) is 3. The molecule has 1 aliphatic rings. The molecule has 8 nitrogen and oxygen atoms in total. The van der Waals surface area contributed by atoms with Gasteiger partial charge in [-0.05, 0) is 36.8 Å². The first kappa shape index (κ1) is 21.0. The molecule has 168 valence electrons. The Hall–Kier alpha value is -3.85. The summed E-state index contributed by atoms with van der Waals surface area (Å²) in [6.45, 7) is 2.36. The minimum Gasteiger partial charge on any atom is -0.497 e. The zero-order chi connectivity index (χ0) is 23.1. The Kier molecular flexibility index (Phi) is 5.26. The van der Waals surface area contributed by atoms with Gasteiger partial charge in [-0.25, -0.2) is 4.98 Å². The third kappa shape index (κ3) is 3.32. The first-order chi connectivity index (χ1) is 16.1. The molecule has 0 N–H and O–H groups in total. The molecule has 9 heteroatoms. The molecule has 1 atom stereocenters. The molecule has 1 amide bonds. The van der Waals surface area contributed by atoms with Crippen LogP contribution < -0.4 is 24.5 Å². The second-order valence-corrected chi connectivity index (χ2v) is 8.14. The highest BCUT2D eigenvalue weighted by Gasteiger charge is 2.45. The monoisotopic (exact) mass is 464 g/mol. The summed E-state index contributed by atoms with van der Waals surface area (Å²) in [6, 6.07) is 9.57. The van der Waals surface area contributed by atoms with Crippen molar-refractivity contribution in [1.82, 2.24) is 4.98 Å². The summed E-state index contributed by atoms with van der Waals surface area (Å²) in [7, 11) is 3.07. The standard InChI is InChI=1S/C24H20N2O6S/c1-4-31-16-8-5-13(11-18(16)30-3)20-19-21(27)15-7-6-14(29-2)12-17(15)32-22(19)23(28)26(20)24-25-9-10-33-24/h5-12,20H,4H2,1-3H3. The number of aromatic nitrogens is 1. The van der Waals surface area contributed by atoms with Crippen molar-refractivity contribution in [3.63, 3.8) is 0 Å². The quantitative estimate of drug-likeness (QED) is 0.417. The maximum absolute atomic E-state index is 13.6. The van der Waals surface area contributed by atoms with Crippen molar-refractivity contribution in [3.05, 3.63) is 75.1 Å². The summed E-state index contributed by atoms with van der Waals surface area (Å²) in [5.74, 6) is 1.17. The Bertz CT molecular complexity index is 1410. The Labute approximate surface area is 192 Å². The van der Waals surface area contributed by atoms with Gasteiger partial charge in [-0.15, -0.1) is 11.3 Å². The fraction of sp³-hybridized carbons (Fsp3) is 0.208. The number of thiazole rings is 1. The van der Waals surface area contributed by atoms with Gasteiger partial charge in [-0.3, -0.25) is 14.5 Å².